The summed E-state index contributed by atoms with van der Waals surface area (Å²) in [5, 5.41) is 0. The second-order valence-corrected chi connectivity index (χ2v) is 13.4. The van der Waals surface area contributed by atoms with E-state index < -0.39 is 7.82 Å². The van der Waals surface area contributed by atoms with Gasteiger partial charge in [0.15, 0.2) is 0 Å². The summed E-state index contributed by atoms with van der Waals surface area (Å²) in [7, 11) is -4.16. The van der Waals surface area contributed by atoms with Crippen LogP contribution in [0.4, 0.5) is 0 Å². The molecule has 0 unspecified atom stereocenters. The van der Waals surface area contributed by atoms with Crippen molar-refractivity contribution < 1.29 is 56.4 Å². The summed E-state index contributed by atoms with van der Waals surface area (Å²) in [5.41, 5.74) is 0. The van der Waals surface area contributed by atoms with Gasteiger partial charge in [-0.3, -0.25) is 9.05 Å². The Morgan fingerprint density at radius 2 is 0.510 bits per heavy atom. The van der Waals surface area contributed by atoms with Gasteiger partial charge in [-0.2, -0.15) is 0 Å². The van der Waals surface area contributed by atoms with Crippen LogP contribution in [0.2, 0.25) is 0 Å². The second-order valence-electron chi connectivity index (χ2n) is 12.0. The zero-order chi connectivity index (χ0) is 35.6. The molecule has 0 aromatic carbocycles. The molecule has 12 nitrogen and oxygen atoms in total. The van der Waals surface area contributed by atoms with Crippen LogP contribution in [0.25, 0.3) is 0 Å². The molecule has 0 saturated heterocycles. The molecule has 13 heteroatoms. The fourth-order valence-corrected chi connectivity index (χ4v) is 5.35. The van der Waals surface area contributed by atoms with Crippen LogP contribution in [-0.2, 0) is 51.5 Å². The first kappa shape index (κ1) is 48.8. The predicted molar refractivity (Wildman–Crippen MR) is 194 cm³/mol. The summed E-state index contributed by atoms with van der Waals surface area (Å²) < 4.78 is 65.5. The van der Waals surface area contributed by atoms with Crippen molar-refractivity contribution >= 4 is 7.82 Å². The van der Waals surface area contributed by atoms with E-state index in [2.05, 4.69) is 13.8 Å². The van der Waals surface area contributed by atoms with Crippen molar-refractivity contribution in [2.75, 3.05) is 119 Å². The molecule has 0 atom stereocenters. The highest BCUT2D eigenvalue weighted by Gasteiger charge is 2.20. The van der Waals surface area contributed by atoms with Crippen LogP contribution < -0.4 is 0 Å². The number of phosphoric acid groups is 1. The molecule has 0 amide bonds. The number of rotatable bonds is 44. The van der Waals surface area contributed by atoms with E-state index in [1.54, 1.807) is 0 Å². The zero-order valence-corrected chi connectivity index (χ0v) is 32.3. The van der Waals surface area contributed by atoms with Gasteiger partial charge in [-0.05, 0) is 12.8 Å². The number of phosphoric ester groups is 1. The fourth-order valence-electron chi connectivity index (χ4n) is 4.66. The molecule has 0 aliphatic rings. The highest BCUT2D eigenvalue weighted by Crippen LogP contribution is 2.42. The van der Waals surface area contributed by atoms with Gasteiger partial charge in [0, 0.05) is 13.2 Å². The van der Waals surface area contributed by atoms with Crippen LogP contribution in [0.1, 0.15) is 117 Å². The van der Waals surface area contributed by atoms with E-state index >= 15 is 0 Å². The van der Waals surface area contributed by atoms with Gasteiger partial charge >= 0.3 is 7.82 Å². The Balaban J connectivity index is 3.24. The van der Waals surface area contributed by atoms with Crippen molar-refractivity contribution in [1.82, 2.24) is 0 Å². The summed E-state index contributed by atoms with van der Waals surface area (Å²) in [5.74, 6) is 0. The summed E-state index contributed by atoms with van der Waals surface area (Å²) in [6.07, 6.45) is 20.7. The van der Waals surface area contributed by atoms with Crippen molar-refractivity contribution in [3.63, 3.8) is 0 Å². The SMILES string of the molecule is CCCCCCCCCCOCCOCCOCCOCCOP(=O)(O)OCCOCCOCCOCCOCCCCCCCCCC. The molecule has 0 spiro atoms. The number of ether oxygens (including phenoxy) is 8. The molecule has 0 aliphatic carbocycles. The van der Waals surface area contributed by atoms with Crippen LogP contribution in [-0.4, -0.2) is 124 Å². The maximum absolute atomic E-state index is 11.9. The minimum Gasteiger partial charge on any atom is -0.379 e. The van der Waals surface area contributed by atoms with Crippen molar-refractivity contribution in [3.8, 4) is 0 Å². The average Bonchev–Trinajstić information content (AvgIpc) is 3.09. The van der Waals surface area contributed by atoms with Crippen LogP contribution in [0.3, 0.4) is 0 Å². The lowest BCUT2D eigenvalue weighted by molar-refractivity contribution is -0.00927. The lowest BCUT2D eigenvalue weighted by Crippen LogP contribution is -2.14. The van der Waals surface area contributed by atoms with E-state index in [4.69, 9.17) is 46.9 Å². The van der Waals surface area contributed by atoms with Gasteiger partial charge in [-0.25, -0.2) is 4.57 Å². The van der Waals surface area contributed by atoms with Crippen LogP contribution in [0.15, 0.2) is 0 Å². The molecule has 296 valence electrons. The third-order valence-electron chi connectivity index (χ3n) is 7.48. The van der Waals surface area contributed by atoms with Crippen molar-refractivity contribution in [2.24, 2.45) is 0 Å². The molecule has 0 rings (SSSR count). The van der Waals surface area contributed by atoms with Crippen LogP contribution in [0, 0.1) is 0 Å². The first-order valence-electron chi connectivity index (χ1n) is 19.4. The van der Waals surface area contributed by atoms with Crippen molar-refractivity contribution in [1.29, 1.82) is 0 Å². The van der Waals surface area contributed by atoms with E-state index in [9.17, 15) is 9.46 Å². The summed E-state index contributed by atoms with van der Waals surface area (Å²) in [6.45, 7) is 12.0. The Morgan fingerprint density at radius 3 is 0.776 bits per heavy atom. The van der Waals surface area contributed by atoms with Crippen molar-refractivity contribution in [3.05, 3.63) is 0 Å². The summed E-state index contributed by atoms with van der Waals surface area (Å²) in [6, 6.07) is 0. The molecular formula is C36H75O12P. The Labute approximate surface area is 299 Å². The molecule has 0 heterocycles. The fraction of sp³-hybridized carbons (Fsp3) is 1.00. The number of hydrogen-bond donors (Lipinski definition) is 1. The molecule has 49 heavy (non-hydrogen) atoms. The minimum atomic E-state index is -4.16. The molecule has 0 aromatic heterocycles. The maximum atomic E-state index is 11.9. The van der Waals surface area contributed by atoms with Crippen LogP contribution >= 0.6 is 7.82 Å². The quantitative estimate of drug-likeness (QED) is 0.0491. The Hall–Kier alpha value is -0.210. The number of unbranched alkanes of at least 4 members (excludes halogenated alkanes) is 14. The van der Waals surface area contributed by atoms with Gasteiger partial charge in [0.2, 0.25) is 0 Å². The van der Waals surface area contributed by atoms with Crippen LogP contribution in [0.5, 0.6) is 0 Å². The van der Waals surface area contributed by atoms with E-state index in [0.29, 0.717) is 79.3 Å². The highest BCUT2D eigenvalue weighted by atomic mass is 31.2. The third-order valence-corrected chi connectivity index (χ3v) is 8.50. The lowest BCUT2D eigenvalue weighted by atomic mass is 10.1. The van der Waals surface area contributed by atoms with Gasteiger partial charge in [-0.1, -0.05) is 104 Å². The first-order valence-corrected chi connectivity index (χ1v) is 20.9. The molecule has 0 saturated carbocycles. The zero-order valence-electron chi connectivity index (χ0n) is 31.4. The second kappa shape index (κ2) is 42.2. The first-order chi connectivity index (χ1) is 24.1. The third kappa shape index (κ3) is 43.9. The van der Waals surface area contributed by atoms with E-state index in [-0.39, 0.29) is 26.4 Å². The van der Waals surface area contributed by atoms with Gasteiger partial charge in [0.05, 0.1) is 106 Å². The van der Waals surface area contributed by atoms with Gasteiger partial charge < -0.3 is 42.8 Å². The smallest absolute Gasteiger partial charge is 0.379 e. The molecule has 1 N–H and O–H groups in total. The van der Waals surface area contributed by atoms with Gasteiger partial charge in [0.25, 0.3) is 0 Å². The molecule has 0 radical (unpaired) electrons. The molecule has 0 aromatic rings. The van der Waals surface area contributed by atoms with Crippen molar-refractivity contribution in [2.45, 2.75) is 117 Å². The normalized spacial score (nSPS) is 12.0. The average molecular weight is 731 g/mol. The minimum absolute atomic E-state index is 0.0714. The molecule has 0 bridgehead atoms. The van der Waals surface area contributed by atoms with E-state index in [1.807, 2.05) is 0 Å². The Bertz CT molecular complexity index is 612. The molecular weight excluding hydrogens is 655 g/mol. The van der Waals surface area contributed by atoms with E-state index in [1.165, 1.54) is 89.9 Å². The van der Waals surface area contributed by atoms with Gasteiger partial charge in [-0.15, -0.1) is 0 Å². The predicted octanol–water partition coefficient (Wildman–Crippen LogP) is 7.53. The standard InChI is InChI=1S/C36H75O12P/c1-3-5-7-9-11-13-15-17-19-39-21-23-41-25-27-43-29-31-45-33-35-47-49(37,38)48-36-34-46-32-30-44-28-26-42-24-22-40-20-18-16-14-12-10-8-6-4-2/h3-36H2,1-2H3,(H,37,38). The largest absolute Gasteiger partial charge is 0.472 e. The monoisotopic (exact) mass is 730 g/mol. The topological polar surface area (TPSA) is 130 Å². The maximum Gasteiger partial charge on any atom is 0.472 e. The molecule has 0 aliphatic heterocycles. The summed E-state index contributed by atoms with van der Waals surface area (Å²) >= 11 is 0. The Morgan fingerprint density at radius 1 is 0.306 bits per heavy atom. The number of hydrogen-bond acceptors (Lipinski definition) is 11. The molecule has 0 fully saturated rings. The summed E-state index contributed by atoms with van der Waals surface area (Å²) in [4.78, 5) is 9.74. The Kier molecular flexibility index (Phi) is 42.0. The highest BCUT2D eigenvalue weighted by molar-refractivity contribution is 7.47. The van der Waals surface area contributed by atoms with Gasteiger partial charge in [0.1, 0.15) is 0 Å². The lowest BCUT2D eigenvalue weighted by Gasteiger charge is -2.12. The van der Waals surface area contributed by atoms with E-state index in [0.717, 1.165) is 26.1 Å².